The molecule has 0 spiro atoms. The second kappa shape index (κ2) is 10.1. The van der Waals surface area contributed by atoms with E-state index in [1.54, 1.807) is 12.1 Å². The number of rotatable bonds is 9. The predicted molar refractivity (Wildman–Crippen MR) is 109 cm³/mol. The summed E-state index contributed by atoms with van der Waals surface area (Å²) in [5.41, 5.74) is 2.44. The third-order valence-electron chi connectivity index (χ3n) is 5.77. The van der Waals surface area contributed by atoms with E-state index < -0.39 is 0 Å². The Kier molecular flexibility index (Phi) is 7.55. The maximum absolute atomic E-state index is 13.8. The van der Waals surface area contributed by atoms with Crippen molar-refractivity contribution < 1.29 is 4.39 Å². The van der Waals surface area contributed by atoms with Crippen LogP contribution in [0, 0.1) is 5.82 Å². The minimum absolute atomic E-state index is 0.124. The van der Waals surface area contributed by atoms with E-state index in [1.807, 2.05) is 6.07 Å². The fraction of sp³-hybridized carbons (Fsp3) is 0.652. The van der Waals surface area contributed by atoms with Crippen LogP contribution >= 0.6 is 0 Å². The number of halogens is 1. The zero-order chi connectivity index (χ0) is 18.2. The molecule has 3 heteroatoms. The van der Waals surface area contributed by atoms with E-state index in [-0.39, 0.29) is 5.82 Å². The van der Waals surface area contributed by atoms with Gasteiger partial charge < -0.3 is 4.57 Å². The van der Waals surface area contributed by atoms with Crippen LogP contribution in [0.2, 0.25) is 0 Å². The lowest BCUT2D eigenvalue weighted by Crippen LogP contribution is -2.23. The molecule has 0 unspecified atom stereocenters. The van der Waals surface area contributed by atoms with Crippen molar-refractivity contribution >= 4 is 10.9 Å². The van der Waals surface area contributed by atoms with Gasteiger partial charge in [0.25, 0.3) is 0 Å². The molecule has 144 valence electrons. The molecule has 2 aromatic rings. The molecule has 26 heavy (non-hydrogen) atoms. The van der Waals surface area contributed by atoms with Gasteiger partial charge in [-0.15, -0.1) is 0 Å². The molecule has 1 fully saturated rings. The smallest absolute Gasteiger partial charge is 0.125 e. The topological polar surface area (TPSA) is 8.17 Å². The lowest BCUT2D eigenvalue weighted by atomic mass is 10.1. The van der Waals surface area contributed by atoms with Gasteiger partial charge in [0, 0.05) is 24.7 Å². The van der Waals surface area contributed by atoms with Crippen molar-refractivity contribution in [3.63, 3.8) is 0 Å². The van der Waals surface area contributed by atoms with Gasteiger partial charge in [0.1, 0.15) is 5.82 Å². The second-order valence-corrected chi connectivity index (χ2v) is 7.97. The fourth-order valence-corrected chi connectivity index (χ4v) is 4.25. The summed E-state index contributed by atoms with van der Waals surface area (Å²) in [6, 6.07) is 5.32. The minimum Gasteiger partial charge on any atom is -0.347 e. The first-order valence-corrected chi connectivity index (χ1v) is 10.8. The molecule has 0 radical (unpaired) electrons. The Morgan fingerprint density at radius 2 is 1.65 bits per heavy atom. The maximum atomic E-state index is 13.8. The minimum atomic E-state index is -0.124. The van der Waals surface area contributed by atoms with E-state index in [4.69, 9.17) is 0 Å². The Hall–Kier alpha value is -1.35. The lowest BCUT2D eigenvalue weighted by Gasteiger charge is -2.19. The first-order valence-electron chi connectivity index (χ1n) is 10.8. The Morgan fingerprint density at radius 1 is 0.923 bits per heavy atom. The number of aromatic nitrogens is 1. The Labute approximate surface area is 158 Å². The average Bonchev–Trinajstić information content (AvgIpc) is 2.81. The largest absolute Gasteiger partial charge is 0.347 e. The number of hydrogen-bond acceptors (Lipinski definition) is 1. The summed E-state index contributed by atoms with van der Waals surface area (Å²) in [5, 5.41) is 1.24. The lowest BCUT2D eigenvalue weighted by molar-refractivity contribution is 0.277. The average molecular weight is 359 g/mol. The Bertz CT molecular complexity index is 668. The summed E-state index contributed by atoms with van der Waals surface area (Å²) >= 11 is 0. The van der Waals surface area contributed by atoms with Gasteiger partial charge in [0.05, 0.1) is 5.52 Å². The fourth-order valence-electron chi connectivity index (χ4n) is 4.25. The van der Waals surface area contributed by atoms with Crippen molar-refractivity contribution in [3.05, 3.63) is 35.8 Å². The van der Waals surface area contributed by atoms with Crippen molar-refractivity contribution in [1.82, 2.24) is 9.47 Å². The monoisotopic (exact) mass is 358 g/mol. The molecule has 1 saturated heterocycles. The van der Waals surface area contributed by atoms with Gasteiger partial charge in [0.15, 0.2) is 0 Å². The van der Waals surface area contributed by atoms with Crippen LogP contribution in [0.25, 0.3) is 10.9 Å². The Balaban J connectivity index is 1.68. The zero-order valence-corrected chi connectivity index (χ0v) is 16.5. The molecule has 0 saturated carbocycles. The number of fused-ring (bicyclic) bond motifs is 1. The van der Waals surface area contributed by atoms with E-state index in [2.05, 4.69) is 22.6 Å². The molecule has 2 nitrogen and oxygen atoms in total. The highest BCUT2D eigenvalue weighted by Crippen LogP contribution is 2.25. The van der Waals surface area contributed by atoms with Crippen LogP contribution in [0.5, 0.6) is 0 Å². The SMILES string of the molecule is CCCCCCCCn1cc(CN2CCCCCC2)c2ccc(F)cc21. The van der Waals surface area contributed by atoms with Crippen LogP contribution in [-0.4, -0.2) is 22.6 Å². The van der Waals surface area contributed by atoms with Gasteiger partial charge in [0.2, 0.25) is 0 Å². The number of hydrogen-bond donors (Lipinski definition) is 0. The van der Waals surface area contributed by atoms with Gasteiger partial charge in [-0.2, -0.15) is 0 Å². The molecule has 0 atom stereocenters. The van der Waals surface area contributed by atoms with Gasteiger partial charge in [-0.3, -0.25) is 4.90 Å². The van der Waals surface area contributed by atoms with Crippen LogP contribution in [0.15, 0.2) is 24.4 Å². The molecule has 0 aliphatic carbocycles. The second-order valence-electron chi connectivity index (χ2n) is 7.97. The molecule has 1 aromatic heterocycles. The zero-order valence-electron chi connectivity index (χ0n) is 16.5. The van der Waals surface area contributed by atoms with Gasteiger partial charge >= 0.3 is 0 Å². The first kappa shape index (κ1) is 19.4. The van der Waals surface area contributed by atoms with Crippen molar-refractivity contribution in [3.8, 4) is 0 Å². The third kappa shape index (κ3) is 5.33. The van der Waals surface area contributed by atoms with Crippen molar-refractivity contribution in [2.45, 2.75) is 84.2 Å². The first-order chi connectivity index (χ1) is 12.8. The van der Waals surface area contributed by atoms with E-state index in [0.29, 0.717) is 0 Å². The number of benzene rings is 1. The van der Waals surface area contributed by atoms with E-state index in [9.17, 15) is 4.39 Å². The van der Waals surface area contributed by atoms with Crippen LogP contribution < -0.4 is 0 Å². The van der Waals surface area contributed by atoms with Gasteiger partial charge in [-0.25, -0.2) is 4.39 Å². The summed E-state index contributed by atoms with van der Waals surface area (Å²) in [6.07, 6.45) is 15.4. The molecule has 1 aromatic carbocycles. The molecule has 0 bridgehead atoms. The summed E-state index contributed by atoms with van der Waals surface area (Å²) in [7, 11) is 0. The van der Waals surface area contributed by atoms with Crippen molar-refractivity contribution in [2.75, 3.05) is 13.1 Å². The highest BCUT2D eigenvalue weighted by atomic mass is 19.1. The van der Waals surface area contributed by atoms with Gasteiger partial charge in [-0.1, -0.05) is 51.9 Å². The number of likely N-dealkylation sites (tertiary alicyclic amines) is 1. The van der Waals surface area contributed by atoms with Crippen molar-refractivity contribution in [1.29, 1.82) is 0 Å². The molecule has 0 amide bonds. The van der Waals surface area contributed by atoms with E-state index in [1.165, 1.54) is 88.2 Å². The Morgan fingerprint density at radius 3 is 2.42 bits per heavy atom. The molecule has 1 aliphatic heterocycles. The number of nitrogens with zero attached hydrogens (tertiary/aromatic N) is 2. The molecular weight excluding hydrogens is 323 g/mol. The highest BCUT2D eigenvalue weighted by molar-refractivity contribution is 5.84. The quantitative estimate of drug-likeness (QED) is 0.463. The van der Waals surface area contributed by atoms with Crippen LogP contribution in [-0.2, 0) is 13.1 Å². The van der Waals surface area contributed by atoms with Crippen LogP contribution in [0.1, 0.15) is 76.7 Å². The number of unbranched alkanes of at least 4 members (excludes halogenated alkanes) is 5. The third-order valence-corrected chi connectivity index (χ3v) is 5.77. The van der Waals surface area contributed by atoms with Crippen molar-refractivity contribution in [2.24, 2.45) is 0 Å². The van der Waals surface area contributed by atoms with Crippen LogP contribution in [0.3, 0.4) is 0 Å². The molecule has 3 rings (SSSR count). The normalized spacial score (nSPS) is 16.2. The number of aryl methyl sites for hydroxylation is 1. The van der Waals surface area contributed by atoms with E-state index >= 15 is 0 Å². The standard InChI is InChI=1S/C23H35FN2/c1-2-3-4-5-6-11-16-26-19-20(18-25-14-9-7-8-10-15-25)22-13-12-21(24)17-23(22)26/h12-13,17,19H,2-11,14-16,18H2,1H3. The van der Waals surface area contributed by atoms with Gasteiger partial charge in [-0.05, 0) is 56.1 Å². The van der Waals surface area contributed by atoms with Crippen LogP contribution in [0.4, 0.5) is 4.39 Å². The highest BCUT2D eigenvalue weighted by Gasteiger charge is 2.14. The molecule has 1 aliphatic rings. The summed E-state index contributed by atoms with van der Waals surface area (Å²) in [5.74, 6) is -0.124. The predicted octanol–water partition coefficient (Wildman–Crippen LogP) is 6.52. The summed E-state index contributed by atoms with van der Waals surface area (Å²) in [4.78, 5) is 2.58. The summed E-state index contributed by atoms with van der Waals surface area (Å²) < 4.78 is 16.1. The molecule has 0 N–H and O–H groups in total. The van der Waals surface area contributed by atoms with E-state index in [0.717, 1.165) is 18.6 Å². The molecule has 2 heterocycles. The molecular formula is C23H35FN2. The maximum Gasteiger partial charge on any atom is 0.125 e. The summed E-state index contributed by atoms with van der Waals surface area (Å²) in [6.45, 7) is 6.67.